The molecule has 0 heterocycles. The Hall–Kier alpha value is 0.459. The van der Waals surface area contributed by atoms with Crippen LogP contribution < -0.4 is 0 Å². The van der Waals surface area contributed by atoms with Gasteiger partial charge in [-0.15, -0.1) is 0 Å². The summed E-state index contributed by atoms with van der Waals surface area (Å²) in [6.07, 6.45) is 8.40. The van der Waals surface area contributed by atoms with Crippen molar-refractivity contribution >= 4 is 18.4 Å². The molecule has 0 aromatic rings. The molecule has 0 saturated carbocycles. The summed E-state index contributed by atoms with van der Waals surface area (Å²) < 4.78 is 16.7. The van der Waals surface area contributed by atoms with Crippen LogP contribution in [0.4, 0.5) is 0 Å². The molecule has 0 aromatic heterocycles. The van der Waals surface area contributed by atoms with E-state index in [0.717, 1.165) is 0 Å². The molecule has 0 aliphatic rings. The average molecular weight is 419 g/mol. The molecule has 0 saturated heterocycles. The van der Waals surface area contributed by atoms with E-state index in [-0.39, 0.29) is 6.10 Å². The summed E-state index contributed by atoms with van der Waals surface area (Å²) >= 11 is -2.10. The first kappa shape index (κ1) is 22.5. The number of hydrogen-bond acceptors (Lipinski definition) is 2. The first-order valence-electron chi connectivity index (χ1n) is 9.33. The SMILES string of the molecule is C=C([CH2][Sn]([CH2]CCC)([CH2]CCC)[CH2]CCC)C(C)OCOC. The molecular weight excluding hydrogens is 379 g/mol. The van der Waals surface area contributed by atoms with Gasteiger partial charge in [-0.25, -0.2) is 0 Å². The topological polar surface area (TPSA) is 18.5 Å². The van der Waals surface area contributed by atoms with Crippen molar-refractivity contribution in [1.29, 1.82) is 0 Å². The van der Waals surface area contributed by atoms with E-state index in [1.807, 2.05) is 0 Å². The second-order valence-electron chi connectivity index (χ2n) is 6.86. The van der Waals surface area contributed by atoms with Crippen LogP contribution >= 0.6 is 0 Å². The molecule has 1 unspecified atom stereocenters. The summed E-state index contributed by atoms with van der Waals surface area (Å²) in [6, 6.07) is 0. The fourth-order valence-electron chi connectivity index (χ4n) is 3.21. The van der Waals surface area contributed by atoms with Gasteiger partial charge in [0.15, 0.2) is 0 Å². The molecular formula is C19H40O2Sn. The van der Waals surface area contributed by atoms with E-state index >= 15 is 0 Å². The van der Waals surface area contributed by atoms with Gasteiger partial charge in [-0.05, 0) is 0 Å². The molecule has 0 fully saturated rings. The van der Waals surface area contributed by atoms with Gasteiger partial charge in [0, 0.05) is 0 Å². The summed E-state index contributed by atoms with van der Waals surface area (Å²) in [4.78, 5) is 0. The molecule has 0 bridgehead atoms. The molecule has 0 spiro atoms. The molecule has 0 aromatic carbocycles. The predicted octanol–water partition coefficient (Wildman–Crippen LogP) is 6.40. The monoisotopic (exact) mass is 420 g/mol. The molecule has 0 aliphatic carbocycles. The number of ether oxygens (including phenoxy) is 2. The van der Waals surface area contributed by atoms with Crippen LogP contribution in [0.3, 0.4) is 0 Å². The minimum atomic E-state index is -2.10. The van der Waals surface area contributed by atoms with Crippen molar-refractivity contribution in [3.8, 4) is 0 Å². The van der Waals surface area contributed by atoms with Gasteiger partial charge < -0.3 is 0 Å². The Bertz CT molecular complexity index is 257. The molecule has 0 aliphatic heterocycles. The van der Waals surface area contributed by atoms with E-state index in [9.17, 15) is 0 Å². The average Bonchev–Trinajstić information content (AvgIpc) is 2.53. The van der Waals surface area contributed by atoms with Crippen molar-refractivity contribution in [2.45, 2.75) is 90.1 Å². The number of methoxy groups -OCH3 is 1. The van der Waals surface area contributed by atoms with Crippen LogP contribution in [0.15, 0.2) is 12.2 Å². The fourth-order valence-corrected chi connectivity index (χ4v) is 19.9. The second-order valence-corrected chi connectivity index (χ2v) is 20.7. The third-order valence-corrected chi connectivity index (χ3v) is 20.3. The number of unbranched alkanes of at least 4 members (excludes halogenated alkanes) is 3. The predicted molar refractivity (Wildman–Crippen MR) is 101 cm³/mol. The van der Waals surface area contributed by atoms with E-state index in [1.54, 1.807) is 20.4 Å². The quantitative estimate of drug-likeness (QED) is 0.174. The Morgan fingerprint density at radius 2 is 1.41 bits per heavy atom. The first-order chi connectivity index (χ1) is 10.5. The molecule has 1 atom stereocenters. The maximum atomic E-state index is 5.72. The van der Waals surface area contributed by atoms with Gasteiger partial charge >= 0.3 is 144 Å². The molecule has 0 amide bonds. The Balaban J connectivity index is 4.85. The van der Waals surface area contributed by atoms with Gasteiger partial charge in [0.2, 0.25) is 0 Å². The Kier molecular flexibility index (Phi) is 14.1. The van der Waals surface area contributed by atoms with Crippen molar-refractivity contribution < 1.29 is 9.47 Å². The molecule has 132 valence electrons. The number of rotatable bonds is 15. The van der Waals surface area contributed by atoms with E-state index < -0.39 is 18.4 Å². The van der Waals surface area contributed by atoms with Crippen molar-refractivity contribution in [3.63, 3.8) is 0 Å². The van der Waals surface area contributed by atoms with Crippen LogP contribution in [0.25, 0.3) is 0 Å². The van der Waals surface area contributed by atoms with Gasteiger partial charge in [-0.1, -0.05) is 0 Å². The zero-order valence-corrected chi connectivity index (χ0v) is 18.7. The van der Waals surface area contributed by atoms with Crippen LogP contribution in [0.2, 0.25) is 17.7 Å². The van der Waals surface area contributed by atoms with Gasteiger partial charge in [-0.2, -0.15) is 0 Å². The van der Waals surface area contributed by atoms with Gasteiger partial charge in [0.1, 0.15) is 0 Å². The molecule has 0 rings (SSSR count). The first-order valence-corrected chi connectivity index (χ1v) is 17.4. The second kappa shape index (κ2) is 13.9. The van der Waals surface area contributed by atoms with E-state index in [1.165, 1.54) is 48.5 Å². The summed E-state index contributed by atoms with van der Waals surface area (Å²) in [5, 5.41) is 0. The molecule has 22 heavy (non-hydrogen) atoms. The van der Waals surface area contributed by atoms with E-state index in [0.29, 0.717) is 6.79 Å². The zero-order valence-electron chi connectivity index (χ0n) is 15.9. The summed E-state index contributed by atoms with van der Waals surface area (Å²) in [5.74, 6) is 0. The molecule has 2 nitrogen and oxygen atoms in total. The third kappa shape index (κ3) is 9.56. The van der Waals surface area contributed by atoms with Crippen LogP contribution in [-0.2, 0) is 9.47 Å². The van der Waals surface area contributed by atoms with E-state index in [2.05, 4.69) is 34.3 Å². The Morgan fingerprint density at radius 3 is 1.77 bits per heavy atom. The summed E-state index contributed by atoms with van der Waals surface area (Å²) in [7, 11) is 1.68. The van der Waals surface area contributed by atoms with E-state index in [4.69, 9.17) is 9.47 Å². The Morgan fingerprint density at radius 1 is 0.955 bits per heavy atom. The fraction of sp³-hybridized carbons (Fsp3) is 0.895. The van der Waals surface area contributed by atoms with Crippen molar-refractivity contribution in [1.82, 2.24) is 0 Å². The maximum absolute atomic E-state index is 5.72. The van der Waals surface area contributed by atoms with Crippen LogP contribution in [0, 0.1) is 0 Å². The minimum absolute atomic E-state index is 0.140. The van der Waals surface area contributed by atoms with Crippen molar-refractivity contribution in [2.75, 3.05) is 13.9 Å². The molecule has 3 heteroatoms. The standard InChI is InChI=1S/C7H13O2.3C4H9.Sn/c1-6(2)7(3)9-5-8-4;3*1-3-4-2;/h7H,1-2,5H2,3-4H3;3*1,3-4H2,2H3;. The Labute approximate surface area is 143 Å². The molecule has 0 radical (unpaired) electrons. The molecule has 0 N–H and O–H groups in total. The summed E-state index contributed by atoms with van der Waals surface area (Å²) in [6.45, 7) is 13.9. The van der Waals surface area contributed by atoms with Crippen molar-refractivity contribution in [2.24, 2.45) is 0 Å². The third-order valence-electron chi connectivity index (χ3n) is 4.79. The van der Waals surface area contributed by atoms with Gasteiger partial charge in [-0.3, -0.25) is 0 Å². The zero-order chi connectivity index (χ0) is 16.8. The van der Waals surface area contributed by atoms with Gasteiger partial charge in [0.05, 0.1) is 0 Å². The van der Waals surface area contributed by atoms with Gasteiger partial charge in [0.25, 0.3) is 0 Å². The van der Waals surface area contributed by atoms with Crippen LogP contribution in [-0.4, -0.2) is 38.4 Å². The van der Waals surface area contributed by atoms with Crippen LogP contribution in [0.1, 0.15) is 66.2 Å². The van der Waals surface area contributed by atoms with Crippen LogP contribution in [0.5, 0.6) is 0 Å². The van der Waals surface area contributed by atoms with Crippen molar-refractivity contribution in [3.05, 3.63) is 12.2 Å². The number of hydrogen-bond donors (Lipinski definition) is 0. The summed E-state index contributed by atoms with van der Waals surface area (Å²) in [5.41, 5.74) is 1.33. The normalized spacial score (nSPS) is 13.3.